The van der Waals surface area contributed by atoms with Gasteiger partial charge in [-0.2, -0.15) is 0 Å². The molecule has 2 amide bonds. The van der Waals surface area contributed by atoms with Gasteiger partial charge in [-0.3, -0.25) is 9.59 Å². The lowest BCUT2D eigenvalue weighted by Crippen LogP contribution is -2.47. The zero-order chi connectivity index (χ0) is 20.1. The molecule has 2 atom stereocenters. The predicted molar refractivity (Wildman–Crippen MR) is 106 cm³/mol. The van der Waals surface area contributed by atoms with Crippen molar-refractivity contribution in [2.45, 2.75) is 32.2 Å². The Hall–Kier alpha value is -2.73. The molecular formula is C22H25FN2O3. The number of nitrogens with one attached hydrogen (secondary N) is 1. The van der Waals surface area contributed by atoms with Crippen LogP contribution >= 0.6 is 0 Å². The predicted octanol–water partition coefficient (Wildman–Crippen LogP) is 3.82. The number of hydrogen-bond donors (Lipinski definition) is 1. The van der Waals surface area contributed by atoms with Crippen LogP contribution in [0.4, 0.5) is 10.1 Å². The van der Waals surface area contributed by atoms with Gasteiger partial charge < -0.3 is 15.0 Å². The molecule has 1 heterocycles. The largest absolute Gasteiger partial charge is 0.377 e. The minimum atomic E-state index is -0.290. The summed E-state index contributed by atoms with van der Waals surface area (Å²) >= 11 is 0. The van der Waals surface area contributed by atoms with Gasteiger partial charge >= 0.3 is 0 Å². The van der Waals surface area contributed by atoms with Gasteiger partial charge in [0.25, 0.3) is 5.91 Å². The molecule has 5 nitrogen and oxygen atoms in total. The van der Waals surface area contributed by atoms with E-state index < -0.39 is 0 Å². The molecule has 1 aliphatic heterocycles. The van der Waals surface area contributed by atoms with Gasteiger partial charge in [-0.15, -0.1) is 0 Å². The second-order valence-electron chi connectivity index (χ2n) is 7.20. The highest BCUT2D eigenvalue weighted by molar-refractivity contribution is 5.96. The minimum Gasteiger partial charge on any atom is -0.377 e. The zero-order valence-corrected chi connectivity index (χ0v) is 16.2. The summed E-state index contributed by atoms with van der Waals surface area (Å²) in [6, 6.07) is 13.2. The van der Waals surface area contributed by atoms with Gasteiger partial charge in [0.05, 0.1) is 19.3 Å². The Bertz CT molecular complexity index is 821. The maximum atomic E-state index is 13.0. The molecule has 28 heavy (non-hydrogen) atoms. The fourth-order valence-electron chi connectivity index (χ4n) is 3.29. The highest BCUT2D eigenvalue weighted by Gasteiger charge is 2.24. The van der Waals surface area contributed by atoms with Crippen LogP contribution in [0.25, 0.3) is 0 Å². The summed E-state index contributed by atoms with van der Waals surface area (Å²) in [5, 5.41) is 2.85. The Labute approximate surface area is 164 Å². The van der Waals surface area contributed by atoms with Crippen LogP contribution in [0.15, 0.2) is 48.5 Å². The SMILES string of the molecule is CC(CC(=O)Nc1ccc(C(=O)N2CCOCC2C)cc1)c1ccc(F)cc1. The standard InChI is InChI=1S/C22H25FN2O3/c1-15(17-3-7-19(23)8-4-17)13-21(26)24-20-9-5-18(6-10-20)22(27)25-11-12-28-14-16(25)2/h3-10,15-16H,11-14H2,1-2H3,(H,24,26). The Morgan fingerprint density at radius 1 is 1.18 bits per heavy atom. The minimum absolute atomic E-state index is 0.0238. The second-order valence-corrected chi connectivity index (χ2v) is 7.20. The molecule has 1 aliphatic rings. The molecule has 0 radical (unpaired) electrons. The number of carbonyl (C=O) groups is 2. The summed E-state index contributed by atoms with van der Waals surface area (Å²) in [4.78, 5) is 26.7. The van der Waals surface area contributed by atoms with Crippen LogP contribution in [0, 0.1) is 5.82 Å². The number of halogens is 1. The fraction of sp³-hybridized carbons (Fsp3) is 0.364. The Balaban J connectivity index is 1.56. The highest BCUT2D eigenvalue weighted by Crippen LogP contribution is 2.21. The van der Waals surface area contributed by atoms with E-state index in [-0.39, 0.29) is 36.0 Å². The van der Waals surface area contributed by atoms with Crippen molar-refractivity contribution in [1.29, 1.82) is 0 Å². The monoisotopic (exact) mass is 384 g/mol. The molecule has 3 rings (SSSR count). The van der Waals surface area contributed by atoms with Crippen molar-refractivity contribution in [3.05, 3.63) is 65.5 Å². The molecule has 0 aromatic heterocycles. The van der Waals surface area contributed by atoms with Crippen molar-refractivity contribution in [2.24, 2.45) is 0 Å². The number of nitrogens with zero attached hydrogens (tertiary/aromatic N) is 1. The average Bonchev–Trinajstić information content (AvgIpc) is 2.69. The summed E-state index contributed by atoms with van der Waals surface area (Å²) in [7, 11) is 0. The molecule has 2 aromatic rings. The number of carbonyl (C=O) groups excluding carboxylic acids is 2. The molecule has 1 N–H and O–H groups in total. The number of amides is 2. The normalized spacial score (nSPS) is 17.8. The van der Waals surface area contributed by atoms with Gasteiger partial charge in [0.1, 0.15) is 5.82 Å². The van der Waals surface area contributed by atoms with E-state index in [2.05, 4.69) is 5.32 Å². The third-order valence-corrected chi connectivity index (χ3v) is 4.97. The average molecular weight is 384 g/mol. The van der Waals surface area contributed by atoms with Crippen molar-refractivity contribution >= 4 is 17.5 Å². The second kappa shape index (κ2) is 8.97. The molecule has 0 aliphatic carbocycles. The van der Waals surface area contributed by atoms with E-state index in [0.29, 0.717) is 31.0 Å². The summed E-state index contributed by atoms with van der Waals surface area (Å²) in [6.45, 7) is 5.58. The van der Waals surface area contributed by atoms with E-state index in [1.165, 1.54) is 12.1 Å². The smallest absolute Gasteiger partial charge is 0.254 e. The summed E-state index contributed by atoms with van der Waals surface area (Å²) in [6.07, 6.45) is 0.289. The van der Waals surface area contributed by atoms with Crippen molar-refractivity contribution in [1.82, 2.24) is 4.90 Å². The van der Waals surface area contributed by atoms with E-state index >= 15 is 0 Å². The topological polar surface area (TPSA) is 58.6 Å². The number of benzene rings is 2. The van der Waals surface area contributed by atoms with Gasteiger partial charge in [0, 0.05) is 24.2 Å². The summed E-state index contributed by atoms with van der Waals surface area (Å²) in [5.74, 6) is -0.470. The van der Waals surface area contributed by atoms with Gasteiger partial charge in [-0.25, -0.2) is 4.39 Å². The zero-order valence-electron chi connectivity index (χ0n) is 16.2. The van der Waals surface area contributed by atoms with Crippen molar-refractivity contribution in [3.8, 4) is 0 Å². The lowest BCUT2D eigenvalue weighted by Gasteiger charge is -2.33. The van der Waals surface area contributed by atoms with Crippen LogP contribution in [-0.2, 0) is 9.53 Å². The van der Waals surface area contributed by atoms with Crippen molar-refractivity contribution in [2.75, 3.05) is 25.1 Å². The molecule has 148 valence electrons. The Kier molecular flexibility index (Phi) is 6.41. The first kappa shape index (κ1) is 20.0. The van der Waals surface area contributed by atoms with Gasteiger partial charge in [0.15, 0.2) is 0 Å². The van der Waals surface area contributed by atoms with Crippen LogP contribution in [0.3, 0.4) is 0 Å². The van der Waals surface area contributed by atoms with Crippen LogP contribution < -0.4 is 5.32 Å². The Morgan fingerprint density at radius 2 is 1.86 bits per heavy atom. The van der Waals surface area contributed by atoms with Gasteiger partial charge in [-0.05, 0) is 54.8 Å². The number of ether oxygens (including phenoxy) is 1. The third-order valence-electron chi connectivity index (χ3n) is 4.97. The molecule has 0 spiro atoms. The van der Waals surface area contributed by atoms with Crippen molar-refractivity contribution < 1.29 is 18.7 Å². The Morgan fingerprint density at radius 3 is 2.50 bits per heavy atom. The highest BCUT2D eigenvalue weighted by atomic mass is 19.1. The molecule has 1 saturated heterocycles. The number of morpholine rings is 1. The number of rotatable bonds is 5. The van der Waals surface area contributed by atoms with E-state index in [0.717, 1.165) is 5.56 Å². The van der Waals surface area contributed by atoms with Crippen LogP contribution in [-0.4, -0.2) is 42.5 Å². The number of hydrogen-bond acceptors (Lipinski definition) is 3. The molecule has 6 heteroatoms. The van der Waals surface area contributed by atoms with Crippen LogP contribution in [0.2, 0.25) is 0 Å². The van der Waals surface area contributed by atoms with Gasteiger partial charge in [-0.1, -0.05) is 19.1 Å². The lowest BCUT2D eigenvalue weighted by molar-refractivity contribution is -0.116. The molecule has 2 unspecified atom stereocenters. The van der Waals surface area contributed by atoms with E-state index in [1.54, 1.807) is 36.4 Å². The van der Waals surface area contributed by atoms with Gasteiger partial charge in [0.2, 0.25) is 5.91 Å². The third kappa shape index (κ3) is 4.95. The first-order valence-corrected chi connectivity index (χ1v) is 9.48. The van der Waals surface area contributed by atoms with Crippen molar-refractivity contribution in [3.63, 3.8) is 0 Å². The molecular weight excluding hydrogens is 359 g/mol. The quantitative estimate of drug-likeness (QED) is 0.853. The maximum absolute atomic E-state index is 13.0. The summed E-state index contributed by atoms with van der Waals surface area (Å²) < 4.78 is 18.4. The summed E-state index contributed by atoms with van der Waals surface area (Å²) in [5.41, 5.74) is 2.14. The molecule has 0 bridgehead atoms. The first-order chi connectivity index (χ1) is 13.4. The van der Waals surface area contributed by atoms with E-state index in [4.69, 9.17) is 4.74 Å². The fourth-order valence-corrected chi connectivity index (χ4v) is 3.29. The van der Waals surface area contributed by atoms with Crippen LogP contribution in [0.1, 0.15) is 42.1 Å². The lowest BCUT2D eigenvalue weighted by atomic mass is 9.97. The maximum Gasteiger partial charge on any atom is 0.254 e. The van der Waals surface area contributed by atoms with Crippen LogP contribution in [0.5, 0.6) is 0 Å². The molecule has 1 fully saturated rings. The first-order valence-electron chi connectivity index (χ1n) is 9.48. The van der Waals surface area contributed by atoms with E-state index in [9.17, 15) is 14.0 Å². The number of anilines is 1. The molecule has 0 saturated carbocycles. The van der Waals surface area contributed by atoms with E-state index in [1.807, 2.05) is 18.7 Å². The molecule has 2 aromatic carbocycles.